The van der Waals surface area contributed by atoms with Crippen LogP contribution in [0.25, 0.3) is 0 Å². The van der Waals surface area contributed by atoms with E-state index in [4.69, 9.17) is 9.47 Å². The first-order chi connectivity index (χ1) is 10.8. The fraction of sp³-hybridized carbons (Fsp3) is 1.00. The van der Waals surface area contributed by atoms with Gasteiger partial charge in [-0.15, -0.1) is 0 Å². The molecule has 2 nitrogen and oxygen atoms in total. The molecule has 1 fully saturated rings. The molecule has 0 radical (unpaired) electrons. The molecular formula is C20H40O2. The maximum Gasteiger partial charge on any atom is 0.107 e. The standard InChI is InChI=1S/C20H40O2/c1-3-4-5-6-7-8-9-10-11-12-13-14-15-16-17-21-19(2)20-18-22-20/h19-20H,3-18H2,1-2H3. The molecule has 0 N–H and O–H groups in total. The van der Waals surface area contributed by atoms with Crippen molar-refractivity contribution in [1.29, 1.82) is 0 Å². The van der Waals surface area contributed by atoms with Crippen molar-refractivity contribution in [2.24, 2.45) is 0 Å². The van der Waals surface area contributed by atoms with E-state index in [1.165, 1.54) is 89.9 Å². The molecule has 0 saturated carbocycles. The summed E-state index contributed by atoms with van der Waals surface area (Å²) in [6, 6.07) is 0. The molecule has 0 bridgehead atoms. The fourth-order valence-electron chi connectivity index (χ4n) is 3.00. The van der Waals surface area contributed by atoms with Gasteiger partial charge in [0.25, 0.3) is 0 Å². The fourth-order valence-corrected chi connectivity index (χ4v) is 3.00. The Labute approximate surface area is 139 Å². The van der Waals surface area contributed by atoms with Crippen LogP contribution in [0.2, 0.25) is 0 Å². The quantitative estimate of drug-likeness (QED) is 0.233. The van der Waals surface area contributed by atoms with Crippen LogP contribution in [0.15, 0.2) is 0 Å². The minimum Gasteiger partial charge on any atom is -0.376 e. The lowest BCUT2D eigenvalue weighted by atomic mass is 10.0. The van der Waals surface area contributed by atoms with Gasteiger partial charge in [-0.05, 0) is 13.3 Å². The highest BCUT2D eigenvalue weighted by Gasteiger charge is 2.29. The minimum absolute atomic E-state index is 0.307. The number of hydrogen-bond donors (Lipinski definition) is 0. The summed E-state index contributed by atoms with van der Waals surface area (Å²) in [5, 5.41) is 0. The largest absolute Gasteiger partial charge is 0.376 e. The monoisotopic (exact) mass is 312 g/mol. The van der Waals surface area contributed by atoms with Gasteiger partial charge in [0.1, 0.15) is 6.10 Å². The zero-order valence-electron chi connectivity index (χ0n) is 15.3. The van der Waals surface area contributed by atoms with E-state index in [9.17, 15) is 0 Å². The van der Waals surface area contributed by atoms with Gasteiger partial charge in [-0.3, -0.25) is 0 Å². The highest BCUT2D eigenvalue weighted by atomic mass is 16.6. The van der Waals surface area contributed by atoms with Crippen molar-refractivity contribution in [2.45, 2.75) is 116 Å². The molecule has 0 aromatic heterocycles. The van der Waals surface area contributed by atoms with Crippen LogP contribution in [0.1, 0.15) is 104 Å². The first kappa shape index (κ1) is 20.0. The molecule has 1 saturated heterocycles. The molecule has 1 aliphatic heterocycles. The van der Waals surface area contributed by atoms with E-state index in [0.29, 0.717) is 12.2 Å². The molecule has 2 heteroatoms. The zero-order valence-corrected chi connectivity index (χ0v) is 15.3. The summed E-state index contributed by atoms with van der Waals surface area (Å²) in [6.07, 6.45) is 20.5. The molecule has 2 atom stereocenters. The molecule has 1 aliphatic rings. The summed E-state index contributed by atoms with van der Waals surface area (Å²) in [5.41, 5.74) is 0. The Morgan fingerprint density at radius 2 is 1.18 bits per heavy atom. The molecule has 2 unspecified atom stereocenters. The predicted octanol–water partition coefficient (Wildman–Crippen LogP) is 6.27. The third-order valence-electron chi connectivity index (χ3n) is 4.76. The predicted molar refractivity (Wildman–Crippen MR) is 95.5 cm³/mol. The normalized spacial score (nSPS) is 18.5. The minimum atomic E-state index is 0.307. The Morgan fingerprint density at radius 1 is 0.773 bits per heavy atom. The maximum absolute atomic E-state index is 5.75. The maximum atomic E-state index is 5.75. The van der Waals surface area contributed by atoms with Gasteiger partial charge in [-0.1, -0.05) is 90.4 Å². The van der Waals surface area contributed by atoms with Crippen molar-refractivity contribution in [3.05, 3.63) is 0 Å². The van der Waals surface area contributed by atoms with E-state index in [1.807, 2.05) is 0 Å². The number of hydrogen-bond acceptors (Lipinski definition) is 2. The third kappa shape index (κ3) is 12.5. The average molecular weight is 313 g/mol. The number of unbranched alkanes of at least 4 members (excludes halogenated alkanes) is 13. The van der Waals surface area contributed by atoms with Crippen LogP contribution in [-0.2, 0) is 9.47 Å². The van der Waals surface area contributed by atoms with Gasteiger partial charge in [0.2, 0.25) is 0 Å². The Hall–Kier alpha value is -0.0800. The van der Waals surface area contributed by atoms with E-state index < -0.39 is 0 Å². The van der Waals surface area contributed by atoms with E-state index >= 15 is 0 Å². The second-order valence-electron chi connectivity index (χ2n) is 7.04. The van der Waals surface area contributed by atoms with Gasteiger partial charge in [0.05, 0.1) is 12.7 Å². The third-order valence-corrected chi connectivity index (χ3v) is 4.76. The lowest BCUT2D eigenvalue weighted by Crippen LogP contribution is -2.15. The van der Waals surface area contributed by atoms with Crippen molar-refractivity contribution in [3.63, 3.8) is 0 Å². The molecule has 132 valence electrons. The molecule has 1 rings (SSSR count). The van der Waals surface area contributed by atoms with Crippen molar-refractivity contribution in [1.82, 2.24) is 0 Å². The molecular weight excluding hydrogens is 272 g/mol. The molecule has 0 aliphatic carbocycles. The van der Waals surface area contributed by atoms with Crippen LogP contribution < -0.4 is 0 Å². The van der Waals surface area contributed by atoms with Gasteiger partial charge in [0.15, 0.2) is 0 Å². The van der Waals surface area contributed by atoms with Gasteiger partial charge in [0, 0.05) is 6.61 Å². The van der Waals surface area contributed by atoms with Crippen molar-refractivity contribution in [3.8, 4) is 0 Å². The molecule has 0 aromatic carbocycles. The Balaban J connectivity index is 1.64. The highest BCUT2D eigenvalue weighted by Crippen LogP contribution is 2.17. The molecule has 22 heavy (non-hydrogen) atoms. The van der Waals surface area contributed by atoms with E-state index in [2.05, 4.69) is 13.8 Å². The lowest BCUT2D eigenvalue weighted by molar-refractivity contribution is 0.0434. The topological polar surface area (TPSA) is 21.8 Å². The van der Waals surface area contributed by atoms with Gasteiger partial charge >= 0.3 is 0 Å². The van der Waals surface area contributed by atoms with Crippen molar-refractivity contribution >= 4 is 0 Å². The van der Waals surface area contributed by atoms with Gasteiger partial charge in [-0.2, -0.15) is 0 Å². The zero-order chi connectivity index (χ0) is 15.9. The number of epoxide rings is 1. The Morgan fingerprint density at radius 3 is 1.59 bits per heavy atom. The summed E-state index contributed by atoms with van der Waals surface area (Å²) in [6.45, 7) is 6.23. The highest BCUT2D eigenvalue weighted by molar-refractivity contribution is 4.75. The second kappa shape index (κ2) is 14.5. The van der Waals surface area contributed by atoms with E-state index in [0.717, 1.165) is 13.2 Å². The van der Waals surface area contributed by atoms with Gasteiger partial charge < -0.3 is 9.47 Å². The SMILES string of the molecule is CCCCCCCCCCCCCCCCOC(C)C1CO1. The van der Waals surface area contributed by atoms with Crippen LogP contribution in [0, 0.1) is 0 Å². The van der Waals surface area contributed by atoms with Crippen LogP contribution >= 0.6 is 0 Å². The second-order valence-corrected chi connectivity index (χ2v) is 7.04. The molecule has 0 spiro atoms. The summed E-state index contributed by atoms with van der Waals surface area (Å²) in [5.74, 6) is 0. The summed E-state index contributed by atoms with van der Waals surface area (Å²) >= 11 is 0. The van der Waals surface area contributed by atoms with Crippen molar-refractivity contribution < 1.29 is 9.47 Å². The van der Waals surface area contributed by atoms with Crippen molar-refractivity contribution in [2.75, 3.05) is 13.2 Å². The van der Waals surface area contributed by atoms with Crippen LogP contribution in [-0.4, -0.2) is 25.4 Å². The first-order valence-electron chi connectivity index (χ1n) is 10.1. The summed E-state index contributed by atoms with van der Waals surface area (Å²) < 4.78 is 11.0. The van der Waals surface area contributed by atoms with E-state index in [-0.39, 0.29) is 0 Å². The summed E-state index contributed by atoms with van der Waals surface area (Å²) in [7, 11) is 0. The van der Waals surface area contributed by atoms with Crippen LogP contribution in [0.5, 0.6) is 0 Å². The molecule has 1 heterocycles. The van der Waals surface area contributed by atoms with E-state index in [1.54, 1.807) is 0 Å². The Bertz CT molecular complexity index is 226. The lowest BCUT2D eigenvalue weighted by Gasteiger charge is -2.09. The number of rotatable bonds is 17. The molecule has 0 aromatic rings. The smallest absolute Gasteiger partial charge is 0.107 e. The Kier molecular flexibility index (Phi) is 13.2. The van der Waals surface area contributed by atoms with Crippen LogP contribution in [0.3, 0.4) is 0 Å². The average Bonchev–Trinajstić information content (AvgIpc) is 3.36. The van der Waals surface area contributed by atoms with Gasteiger partial charge in [-0.25, -0.2) is 0 Å². The summed E-state index contributed by atoms with van der Waals surface area (Å²) in [4.78, 5) is 0. The first-order valence-corrected chi connectivity index (χ1v) is 10.1. The number of ether oxygens (including phenoxy) is 2. The molecule has 0 amide bonds. The van der Waals surface area contributed by atoms with Crippen LogP contribution in [0.4, 0.5) is 0 Å².